The highest BCUT2D eigenvalue weighted by atomic mass is 16.5. The number of anilines is 1. The first-order valence-electron chi connectivity index (χ1n) is 5.32. The first-order valence-corrected chi connectivity index (χ1v) is 5.32. The molecule has 1 fully saturated rings. The third-order valence-electron chi connectivity index (χ3n) is 2.34. The molecule has 4 heteroatoms. The minimum absolute atomic E-state index is 0.383. The van der Waals surface area contributed by atoms with Crippen LogP contribution in [0, 0.1) is 0 Å². The smallest absolute Gasteiger partial charge is 0.237 e. The predicted octanol–water partition coefficient (Wildman–Crippen LogP) is 1.68. The molecule has 1 aliphatic rings. The fraction of sp³-hybridized carbons (Fsp3) is 0.545. The molecular weight excluding hydrogens is 192 g/mol. The zero-order chi connectivity index (χ0) is 10.5. The highest BCUT2D eigenvalue weighted by Gasteiger charge is 2.16. The van der Waals surface area contributed by atoms with Crippen molar-refractivity contribution in [1.29, 1.82) is 0 Å². The van der Waals surface area contributed by atoms with E-state index in [1.165, 1.54) is 0 Å². The highest BCUT2D eigenvalue weighted by molar-refractivity contribution is 5.52. The minimum atomic E-state index is 0.383. The summed E-state index contributed by atoms with van der Waals surface area (Å²) in [6.45, 7) is 4.19. The van der Waals surface area contributed by atoms with Crippen molar-refractivity contribution < 1.29 is 9.47 Å². The molecule has 1 saturated heterocycles. The summed E-state index contributed by atoms with van der Waals surface area (Å²) < 4.78 is 10.7. The molecule has 0 bridgehead atoms. The van der Waals surface area contributed by atoms with Crippen LogP contribution in [0.15, 0.2) is 18.3 Å². The van der Waals surface area contributed by atoms with E-state index in [1.807, 2.05) is 19.1 Å². The Labute approximate surface area is 89.6 Å². The lowest BCUT2D eigenvalue weighted by Crippen LogP contribution is -2.19. The van der Waals surface area contributed by atoms with Crippen LogP contribution in [0.2, 0.25) is 0 Å². The molecule has 0 spiro atoms. The van der Waals surface area contributed by atoms with Gasteiger partial charge in [0.15, 0.2) is 0 Å². The molecule has 15 heavy (non-hydrogen) atoms. The Kier molecular flexibility index (Phi) is 3.40. The summed E-state index contributed by atoms with van der Waals surface area (Å²) >= 11 is 0. The van der Waals surface area contributed by atoms with E-state index >= 15 is 0 Å². The van der Waals surface area contributed by atoms with E-state index in [0.717, 1.165) is 25.3 Å². The molecular formula is C11H16N2O2. The number of nitrogens with zero attached hydrogens (tertiary/aromatic N) is 1. The van der Waals surface area contributed by atoms with Gasteiger partial charge in [0, 0.05) is 12.8 Å². The molecule has 0 aliphatic carbocycles. The van der Waals surface area contributed by atoms with Gasteiger partial charge in [-0.05, 0) is 25.5 Å². The summed E-state index contributed by atoms with van der Waals surface area (Å²) in [6, 6.07) is 4.27. The topological polar surface area (TPSA) is 43.4 Å². The van der Waals surface area contributed by atoms with Gasteiger partial charge in [0.05, 0.1) is 24.9 Å². The third-order valence-corrected chi connectivity index (χ3v) is 2.34. The maximum absolute atomic E-state index is 5.43. The summed E-state index contributed by atoms with van der Waals surface area (Å²) in [5.41, 5.74) is 0.954. The third kappa shape index (κ3) is 2.59. The number of rotatable bonds is 4. The van der Waals surface area contributed by atoms with Crippen LogP contribution >= 0.6 is 0 Å². The molecule has 2 rings (SSSR count). The van der Waals surface area contributed by atoms with E-state index in [1.54, 1.807) is 6.20 Å². The zero-order valence-electron chi connectivity index (χ0n) is 8.90. The van der Waals surface area contributed by atoms with Crippen LogP contribution in [-0.4, -0.2) is 30.8 Å². The molecule has 82 valence electrons. The van der Waals surface area contributed by atoms with Crippen molar-refractivity contribution in [3.8, 4) is 5.88 Å². The average molecular weight is 208 g/mol. The molecule has 0 radical (unpaired) electrons. The quantitative estimate of drug-likeness (QED) is 0.817. The van der Waals surface area contributed by atoms with Crippen molar-refractivity contribution in [3.05, 3.63) is 18.3 Å². The van der Waals surface area contributed by atoms with Gasteiger partial charge in [0.1, 0.15) is 0 Å². The number of aromatic nitrogens is 1. The standard InChI is InChI=1S/C11H16N2O2/c1-2-15-11-10(4-3-6-12-11)13-9-5-7-14-8-9/h3-4,6,9,13H,2,5,7-8H2,1H3. The highest BCUT2D eigenvalue weighted by Crippen LogP contribution is 2.22. The normalized spacial score (nSPS) is 20.2. The monoisotopic (exact) mass is 208 g/mol. The van der Waals surface area contributed by atoms with E-state index in [4.69, 9.17) is 9.47 Å². The second-order valence-corrected chi connectivity index (χ2v) is 3.49. The lowest BCUT2D eigenvalue weighted by molar-refractivity contribution is 0.195. The number of pyridine rings is 1. The maximum Gasteiger partial charge on any atom is 0.237 e. The van der Waals surface area contributed by atoms with Crippen LogP contribution < -0.4 is 10.1 Å². The predicted molar refractivity (Wildman–Crippen MR) is 58.3 cm³/mol. The van der Waals surface area contributed by atoms with Crippen LogP contribution in [0.1, 0.15) is 13.3 Å². The van der Waals surface area contributed by atoms with Gasteiger partial charge >= 0.3 is 0 Å². The molecule has 4 nitrogen and oxygen atoms in total. The van der Waals surface area contributed by atoms with Crippen LogP contribution in [-0.2, 0) is 4.74 Å². The second-order valence-electron chi connectivity index (χ2n) is 3.49. The molecule has 1 atom stereocenters. The Morgan fingerprint density at radius 1 is 1.67 bits per heavy atom. The number of ether oxygens (including phenoxy) is 2. The lowest BCUT2D eigenvalue weighted by atomic mass is 10.2. The van der Waals surface area contributed by atoms with E-state index in [9.17, 15) is 0 Å². The summed E-state index contributed by atoms with van der Waals surface area (Å²) in [5.74, 6) is 0.673. The molecule has 1 aromatic rings. The minimum Gasteiger partial charge on any atom is -0.476 e. The molecule has 2 heterocycles. The average Bonchev–Trinajstić information content (AvgIpc) is 2.74. The Morgan fingerprint density at radius 2 is 2.60 bits per heavy atom. The maximum atomic E-state index is 5.43. The molecule has 1 N–H and O–H groups in total. The van der Waals surface area contributed by atoms with Crippen molar-refractivity contribution in [1.82, 2.24) is 4.98 Å². The van der Waals surface area contributed by atoms with E-state index in [2.05, 4.69) is 10.3 Å². The van der Waals surface area contributed by atoms with Crippen LogP contribution in [0.3, 0.4) is 0 Å². The Balaban J connectivity index is 2.05. The first kappa shape index (κ1) is 10.2. The van der Waals surface area contributed by atoms with E-state index < -0.39 is 0 Å². The molecule has 0 amide bonds. The molecule has 1 unspecified atom stereocenters. The van der Waals surface area contributed by atoms with Gasteiger partial charge in [0.25, 0.3) is 0 Å². The van der Waals surface area contributed by atoms with Gasteiger partial charge in [-0.2, -0.15) is 0 Å². The SMILES string of the molecule is CCOc1ncccc1NC1CCOC1. The van der Waals surface area contributed by atoms with Gasteiger partial charge in [0.2, 0.25) is 5.88 Å². The van der Waals surface area contributed by atoms with Gasteiger partial charge < -0.3 is 14.8 Å². The molecule has 0 aromatic carbocycles. The number of nitrogens with one attached hydrogen (secondary N) is 1. The van der Waals surface area contributed by atoms with E-state index in [0.29, 0.717) is 18.5 Å². The Hall–Kier alpha value is -1.29. The van der Waals surface area contributed by atoms with Crippen molar-refractivity contribution in [2.24, 2.45) is 0 Å². The summed E-state index contributed by atoms with van der Waals surface area (Å²) in [5, 5.41) is 3.38. The summed E-state index contributed by atoms with van der Waals surface area (Å²) in [6.07, 6.45) is 2.78. The van der Waals surface area contributed by atoms with Crippen molar-refractivity contribution in [2.45, 2.75) is 19.4 Å². The van der Waals surface area contributed by atoms with Crippen LogP contribution in [0.5, 0.6) is 5.88 Å². The summed E-state index contributed by atoms with van der Waals surface area (Å²) in [4.78, 5) is 4.18. The van der Waals surface area contributed by atoms with Crippen LogP contribution in [0.25, 0.3) is 0 Å². The van der Waals surface area contributed by atoms with Crippen molar-refractivity contribution >= 4 is 5.69 Å². The van der Waals surface area contributed by atoms with Gasteiger partial charge in [-0.15, -0.1) is 0 Å². The van der Waals surface area contributed by atoms with Gasteiger partial charge in [-0.3, -0.25) is 0 Å². The molecule has 0 saturated carbocycles. The van der Waals surface area contributed by atoms with Gasteiger partial charge in [-0.1, -0.05) is 0 Å². The fourth-order valence-electron chi connectivity index (χ4n) is 1.62. The van der Waals surface area contributed by atoms with Crippen molar-refractivity contribution in [2.75, 3.05) is 25.1 Å². The van der Waals surface area contributed by atoms with Crippen LogP contribution in [0.4, 0.5) is 5.69 Å². The largest absolute Gasteiger partial charge is 0.476 e. The molecule has 1 aromatic heterocycles. The fourth-order valence-corrected chi connectivity index (χ4v) is 1.62. The molecule has 1 aliphatic heterocycles. The van der Waals surface area contributed by atoms with E-state index in [-0.39, 0.29) is 0 Å². The Morgan fingerprint density at radius 3 is 3.33 bits per heavy atom. The summed E-state index contributed by atoms with van der Waals surface area (Å²) in [7, 11) is 0. The lowest BCUT2D eigenvalue weighted by Gasteiger charge is -2.14. The number of hydrogen-bond acceptors (Lipinski definition) is 4. The van der Waals surface area contributed by atoms with Gasteiger partial charge in [-0.25, -0.2) is 4.98 Å². The number of hydrogen-bond donors (Lipinski definition) is 1. The Bertz CT molecular complexity index is 311. The van der Waals surface area contributed by atoms with Crippen molar-refractivity contribution in [3.63, 3.8) is 0 Å². The second kappa shape index (κ2) is 4.98. The first-order chi connectivity index (χ1) is 7.40. The zero-order valence-corrected chi connectivity index (χ0v) is 8.90.